The highest BCUT2D eigenvalue weighted by atomic mass is 16.5. The van der Waals surface area contributed by atoms with Crippen LogP contribution in [0.15, 0.2) is 47.7 Å². The minimum Gasteiger partial charge on any atom is -0.483 e. The maximum absolute atomic E-state index is 12.0. The van der Waals surface area contributed by atoms with Gasteiger partial charge in [-0.25, -0.2) is 5.43 Å². The number of aryl methyl sites for hydroxylation is 2. The summed E-state index contributed by atoms with van der Waals surface area (Å²) in [5, 5.41) is 5.09. The lowest BCUT2D eigenvalue weighted by Crippen LogP contribution is -2.25. The maximum atomic E-state index is 12.0. The summed E-state index contributed by atoms with van der Waals surface area (Å²) in [5.74, 6) is 0.444. The largest absolute Gasteiger partial charge is 0.483 e. The van der Waals surface area contributed by atoms with E-state index in [-0.39, 0.29) is 12.5 Å². The smallest absolute Gasteiger partial charge is 0.277 e. The zero-order valence-corrected chi connectivity index (χ0v) is 15.2. The molecule has 0 aliphatic rings. The van der Waals surface area contributed by atoms with Crippen LogP contribution in [0.5, 0.6) is 5.75 Å². The first kappa shape index (κ1) is 17.8. The molecule has 0 aliphatic carbocycles. The number of nitrogens with zero attached hydrogens (tertiary/aromatic N) is 1. The first-order chi connectivity index (χ1) is 12.6. The number of hydrogen-bond acceptors (Lipinski definition) is 3. The first-order valence-corrected chi connectivity index (χ1v) is 8.50. The Bertz CT molecular complexity index is 940. The van der Waals surface area contributed by atoms with Gasteiger partial charge in [-0.15, -0.1) is 0 Å². The molecule has 1 heterocycles. The summed E-state index contributed by atoms with van der Waals surface area (Å²) in [6, 6.07) is 11.9. The Morgan fingerprint density at radius 2 is 2.04 bits per heavy atom. The number of benzene rings is 2. The van der Waals surface area contributed by atoms with E-state index >= 15 is 0 Å². The van der Waals surface area contributed by atoms with Gasteiger partial charge < -0.3 is 9.72 Å². The van der Waals surface area contributed by atoms with E-state index in [0.717, 1.165) is 38.8 Å². The maximum Gasteiger partial charge on any atom is 0.277 e. The third-order valence-corrected chi connectivity index (χ3v) is 4.19. The predicted octanol–water partition coefficient (Wildman–Crippen LogP) is 2.69. The van der Waals surface area contributed by atoms with E-state index in [1.807, 2.05) is 70.5 Å². The molecule has 0 aliphatic heterocycles. The Hall–Kier alpha value is -3.02. The van der Waals surface area contributed by atoms with Crippen LogP contribution >= 0.6 is 0 Å². The van der Waals surface area contributed by atoms with E-state index in [9.17, 15) is 4.79 Å². The van der Waals surface area contributed by atoms with Crippen LogP contribution in [0.2, 0.25) is 6.82 Å². The van der Waals surface area contributed by atoms with Crippen molar-refractivity contribution in [1.29, 1.82) is 0 Å². The first-order valence-electron chi connectivity index (χ1n) is 8.50. The van der Waals surface area contributed by atoms with Crippen LogP contribution in [-0.4, -0.2) is 31.0 Å². The van der Waals surface area contributed by atoms with Gasteiger partial charge >= 0.3 is 0 Å². The van der Waals surface area contributed by atoms with Crippen molar-refractivity contribution in [2.45, 2.75) is 20.7 Å². The summed E-state index contributed by atoms with van der Waals surface area (Å²) in [4.78, 5) is 15.1. The molecular formula is C20H21BN3O2. The number of nitrogens with one attached hydrogen (secondary N) is 2. The highest BCUT2D eigenvalue weighted by molar-refractivity contribution is 6.52. The Morgan fingerprint density at radius 1 is 1.27 bits per heavy atom. The molecule has 0 saturated carbocycles. The van der Waals surface area contributed by atoms with Crippen molar-refractivity contribution in [1.82, 2.24) is 10.4 Å². The topological polar surface area (TPSA) is 66.5 Å². The summed E-state index contributed by atoms with van der Waals surface area (Å²) in [5.41, 5.74) is 7.63. The van der Waals surface area contributed by atoms with Crippen LogP contribution in [0.3, 0.4) is 0 Å². The van der Waals surface area contributed by atoms with Gasteiger partial charge in [0.2, 0.25) is 0 Å². The molecule has 2 aromatic carbocycles. The summed E-state index contributed by atoms with van der Waals surface area (Å²) < 4.78 is 5.68. The average Bonchev–Trinajstić information content (AvgIpc) is 3.10. The number of fused-ring (bicyclic) bond motifs is 1. The van der Waals surface area contributed by atoms with Crippen molar-refractivity contribution < 1.29 is 9.53 Å². The molecule has 0 spiro atoms. The monoisotopic (exact) mass is 346 g/mol. The molecule has 1 aromatic heterocycles. The molecule has 0 unspecified atom stereocenters. The number of rotatable bonds is 6. The van der Waals surface area contributed by atoms with E-state index < -0.39 is 0 Å². The number of carbonyl (C=O) groups is 1. The average molecular weight is 346 g/mol. The van der Waals surface area contributed by atoms with Gasteiger partial charge in [-0.1, -0.05) is 36.6 Å². The van der Waals surface area contributed by atoms with Gasteiger partial charge in [-0.3, -0.25) is 4.79 Å². The number of carbonyl (C=O) groups excluding carboxylic acids is 1. The zero-order valence-electron chi connectivity index (χ0n) is 15.2. The van der Waals surface area contributed by atoms with Crippen LogP contribution in [0.4, 0.5) is 0 Å². The molecule has 1 amide bonds. The number of aromatic nitrogens is 1. The number of hydrazone groups is 1. The predicted molar refractivity (Wildman–Crippen MR) is 107 cm³/mol. The molecule has 131 valence electrons. The summed E-state index contributed by atoms with van der Waals surface area (Å²) in [6.07, 6.45) is 3.51. The lowest BCUT2D eigenvalue weighted by Gasteiger charge is -2.13. The van der Waals surface area contributed by atoms with Crippen molar-refractivity contribution >= 4 is 35.8 Å². The molecule has 0 fully saturated rings. The Balaban J connectivity index is 1.59. The highest BCUT2D eigenvalue weighted by Crippen LogP contribution is 2.21. The molecule has 26 heavy (non-hydrogen) atoms. The molecule has 0 saturated heterocycles. The molecule has 3 rings (SSSR count). The third kappa shape index (κ3) is 3.96. The Labute approximate surface area is 153 Å². The van der Waals surface area contributed by atoms with Crippen molar-refractivity contribution in [2.75, 3.05) is 6.61 Å². The van der Waals surface area contributed by atoms with Crippen LogP contribution in [0.25, 0.3) is 10.9 Å². The minimum absolute atomic E-state index is 0.0808. The van der Waals surface area contributed by atoms with Gasteiger partial charge in [0.05, 0.1) is 6.21 Å². The van der Waals surface area contributed by atoms with Gasteiger partial charge in [-0.2, -0.15) is 5.10 Å². The standard InChI is InChI=1S/C20H21BN3O2/c1-13-9-16(21-3)10-14(2)20(13)26-12-19(25)24-23-11-15-5-4-6-18-17(15)7-8-22-18/h4-11,22H,12H2,1-3H3,(H,24,25). The van der Waals surface area contributed by atoms with Crippen molar-refractivity contribution in [2.24, 2.45) is 5.10 Å². The summed E-state index contributed by atoms with van der Waals surface area (Å²) >= 11 is 0. The number of hydrogen-bond donors (Lipinski definition) is 2. The molecule has 5 nitrogen and oxygen atoms in total. The minimum atomic E-state index is -0.299. The van der Waals surface area contributed by atoms with Gasteiger partial charge in [-0.05, 0) is 37.1 Å². The highest BCUT2D eigenvalue weighted by Gasteiger charge is 2.08. The van der Waals surface area contributed by atoms with Gasteiger partial charge in [0, 0.05) is 22.7 Å². The summed E-state index contributed by atoms with van der Waals surface area (Å²) in [6.45, 7) is 5.86. The van der Waals surface area contributed by atoms with Crippen LogP contribution in [0.1, 0.15) is 16.7 Å². The normalized spacial score (nSPS) is 11.0. The Kier molecular flexibility index (Phi) is 5.41. The van der Waals surface area contributed by atoms with Crippen molar-refractivity contribution in [3.8, 4) is 5.75 Å². The number of amides is 1. The fourth-order valence-corrected chi connectivity index (χ4v) is 2.94. The molecular weight excluding hydrogens is 325 g/mol. The number of H-pyrrole nitrogens is 1. The molecule has 6 heteroatoms. The lowest BCUT2D eigenvalue weighted by molar-refractivity contribution is -0.123. The van der Waals surface area contributed by atoms with Crippen LogP contribution in [0, 0.1) is 13.8 Å². The van der Waals surface area contributed by atoms with Gasteiger partial charge in [0.25, 0.3) is 5.91 Å². The quantitative estimate of drug-likeness (QED) is 0.409. The van der Waals surface area contributed by atoms with Crippen molar-refractivity contribution in [3.63, 3.8) is 0 Å². The molecule has 0 bridgehead atoms. The fraction of sp³-hybridized carbons (Fsp3) is 0.200. The molecule has 1 radical (unpaired) electrons. The van der Waals surface area contributed by atoms with E-state index in [1.54, 1.807) is 6.21 Å². The molecule has 0 atom stereocenters. The second kappa shape index (κ2) is 7.91. The lowest BCUT2D eigenvalue weighted by atomic mass is 9.72. The third-order valence-electron chi connectivity index (χ3n) is 4.19. The van der Waals surface area contributed by atoms with Crippen LogP contribution in [-0.2, 0) is 4.79 Å². The second-order valence-electron chi connectivity index (χ2n) is 6.14. The number of ether oxygens (including phenoxy) is 1. The zero-order chi connectivity index (χ0) is 18.5. The van der Waals surface area contributed by atoms with E-state index in [4.69, 9.17) is 4.74 Å². The molecule has 2 N–H and O–H groups in total. The number of aromatic amines is 1. The Morgan fingerprint density at radius 3 is 2.77 bits per heavy atom. The van der Waals surface area contributed by atoms with E-state index in [0.29, 0.717) is 0 Å². The van der Waals surface area contributed by atoms with Gasteiger partial charge in [0.1, 0.15) is 13.0 Å². The van der Waals surface area contributed by atoms with E-state index in [2.05, 4.69) is 15.5 Å². The van der Waals surface area contributed by atoms with E-state index in [1.165, 1.54) is 0 Å². The fourth-order valence-electron chi connectivity index (χ4n) is 2.94. The molecule has 3 aromatic rings. The van der Waals surface area contributed by atoms with Crippen molar-refractivity contribution in [3.05, 3.63) is 59.3 Å². The van der Waals surface area contributed by atoms with Crippen LogP contribution < -0.4 is 15.6 Å². The van der Waals surface area contributed by atoms with Gasteiger partial charge in [0.15, 0.2) is 6.61 Å². The second-order valence-corrected chi connectivity index (χ2v) is 6.14. The SMILES string of the molecule is C[B]c1cc(C)c(OCC(=O)NN=Cc2cccc3[nH]ccc23)c(C)c1. The summed E-state index contributed by atoms with van der Waals surface area (Å²) in [7, 11) is 2.04.